The molecule has 2 aromatic rings. The van der Waals surface area contributed by atoms with Gasteiger partial charge in [-0.2, -0.15) is 0 Å². The molecule has 2 aromatic carbocycles. The first-order valence-electron chi connectivity index (χ1n) is 9.44. The summed E-state index contributed by atoms with van der Waals surface area (Å²) in [7, 11) is 0. The summed E-state index contributed by atoms with van der Waals surface area (Å²) in [5.41, 5.74) is 2.63. The molecule has 1 N–H and O–H groups in total. The van der Waals surface area contributed by atoms with Gasteiger partial charge in [-0.3, -0.25) is 9.69 Å². The number of benzene rings is 2. The maximum Gasteiger partial charge on any atom is 0.221 e. The molecule has 0 saturated carbocycles. The molecule has 0 aromatic heterocycles. The van der Waals surface area contributed by atoms with E-state index in [2.05, 4.69) is 71.7 Å². The Morgan fingerprint density at radius 2 is 1.77 bits per heavy atom. The molecule has 0 atom stereocenters. The van der Waals surface area contributed by atoms with Crippen molar-refractivity contribution in [1.82, 2.24) is 10.2 Å². The predicted octanol–water partition coefficient (Wildman–Crippen LogP) is 4.26. The summed E-state index contributed by atoms with van der Waals surface area (Å²) in [6.45, 7) is 5.21. The van der Waals surface area contributed by atoms with Crippen molar-refractivity contribution in [2.45, 2.75) is 43.7 Å². The molecular weight excluding hydrogens is 340 g/mol. The van der Waals surface area contributed by atoms with Crippen molar-refractivity contribution in [2.75, 3.05) is 18.8 Å². The Labute approximate surface area is 161 Å². The zero-order valence-electron chi connectivity index (χ0n) is 15.5. The van der Waals surface area contributed by atoms with E-state index in [4.69, 9.17) is 0 Å². The minimum atomic E-state index is 0.186. The number of carbonyl (C=O) groups is 1. The third kappa shape index (κ3) is 6.19. The summed E-state index contributed by atoms with van der Waals surface area (Å²) >= 11 is 1.75. The molecule has 3 rings (SSSR count). The average Bonchev–Trinajstić information content (AvgIpc) is 2.66. The Balaban J connectivity index is 1.32. The van der Waals surface area contributed by atoms with Gasteiger partial charge in [0.1, 0.15) is 0 Å². The lowest BCUT2D eigenvalue weighted by Crippen LogP contribution is -2.44. The molecule has 26 heavy (non-hydrogen) atoms. The van der Waals surface area contributed by atoms with Crippen LogP contribution in [0.4, 0.5) is 0 Å². The summed E-state index contributed by atoms with van der Waals surface area (Å²) in [6.07, 6.45) is 2.68. The van der Waals surface area contributed by atoms with Crippen LogP contribution in [0.2, 0.25) is 0 Å². The molecule has 138 valence electrons. The number of hydrogen-bond donors (Lipinski definition) is 1. The third-order valence-corrected chi connectivity index (χ3v) is 5.83. The van der Waals surface area contributed by atoms with Gasteiger partial charge in [-0.1, -0.05) is 48.0 Å². The molecular formula is C22H28N2OS. The van der Waals surface area contributed by atoms with Crippen LogP contribution in [0.15, 0.2) is 59.5 Å². The highest BCUT2D eigenvalue weighted by Crippen LogP contribution is 2.19. The molecule has 1 fully saturated rings. The Kier molecular flexibility index (Phi) is 7.15. The Morgan fingerprint density at radius 3 is 2.46 bits per heavy atom. The van der Waals surface area contributed by atoms with E-state index in [9.17, 15) is 4.79 Å². The van der Waals surface area contributed by atoms with E-state index >= 15 is 0 Å². The monoisotopic (exact) mass is 368 g/mol. The highest BCUT2D eigenvalue weighted by atomic mass is 32.2. The van der Waals surface area contributed by atoms with Gasteiger partial charge in [0.05, 0.1) is 0 Å². The van der Waals surface area contributed by atoms with Crippen molar-refractivity contribution in [3.63, 3.8) is 0 Å². The summed E-state index contributed by atoms with van der Waals surface area (Å²) in [5, 5.41) is 3.22. The quantitative estimate of drug-likeness (QED) is 0.741. The number of carbonyl (C=O) groups excluding carboxylic acids is 1. The first-order chi connectivity index (χ1) is 12.7. The number of hydrogen-bond acceptors (Lipinski definition) is 3. The summed E-state index contributed by atoms with van der Waals surface area (Å²) in [5.74, 6) is 1.02. The number of nitrogens with zero attached hydrogens (tertiary/aromatic N) is 1. The Morgan fingerprint density at radius 1 is 1.08 bits per heavy atom. The molecule has 1 aliphatic rings. The van der Waals surface area contributed by atoms with E-state index in [0.717, 1.165) is 38.2 Å². The molecule has 0 aliphatic carbocycles. The van der Waals surface area contributed by atoms with Gasteiger partial charge < -0.3 is 5.32 Å². The van der Waals surface area contributed by atoms with Crippen LogP contribution in [0.5, 0.6) is 0 Å². The first-order valence-corrected chi connectivity index (χ1v) is 10.4. The van der Waals surface area contributed by atoms with E-state index < -0.39 is 0 Å². The van der Waals surface area contributed by atoms with Crippen LogP contribution in [0.1, 0.15) is 30.4 Å². The highest BCUT2D eigenvalue weighted by molar-refractivity contribution is 7.99. The van der Waals surface area contributed by atoms with Gasteiger partial charge in [0.25, 0.3) is 0 Å². The number of amides is 1. The molecule has 0 spiro atoms. The van der Waals surface area contributed by atoms with Gasteiger partial charge in [-0.05, 0) is 37.5 Å². The second kappa shape index (κ2) is 9.79. The topological polar surface area (TPSA) is 32.3 Å². The third-order valence-electron chi connectivity index (χ3n) is 4.82. The molecule has 1 amide bonds. The molecule has 3 nitrogen and oxygen atoms in total. The standard InChI is InChI=1S/C22H28N2OS/c1-18-7-9-21(10-8-18)26-16-13-22(25)23-20-11-14-24(15-12-20)17-19-5-3-2-4-6-19/h2-10,20H,11-17H2,1H3,(H,23,25). The van der Waals surface area contributed by atoms with Gasteiger partial charge in [0, 0.05) is 42.7 Å². The van der Waals surface area contributed by atoms with Crippen molar-refractivity contribution < 1.29 is 4.79 Å². The summed E-state index contributed by atoms with van der Waals surface area (Å²) < 4.78 is 0. The predicted molar refractivity (Wildman–Crippen MR) is 109 cm³/mol. The molecule has 1 heterocycles. The lowest BCUT2D eigenvalue weighted by Gasteiger charge is -2.32. The van der Waals surface area contributed by atoms with Gasteiger partial charge in [-0.15, -0.1) is 11.8 Å². The fraction of sp³-hybridized carbons (Fsp3) is 0.409. The maximum absolute atomic E-state index is 12.2. The average molecular weight is 369 g/mol. The summed E-state index contributed by atoms with van der Waals surface area (Å²) in [4.78, 5) is 15.9. The van der Waals surface area contributed by atoms with Crippen LogP contribution >= 0.6 is 11.8 Å². The van der Waals surface area contributed by atoms with Gasteiger partial charge in [-0.25, -0.2) is 0 Å². The van der Waals surface area contributed by atoms with Gasteiger partial charge >= 0.3 is 0 Å². The second-order valence-corrected chi connectivity index (χ2v) is 8.18. The van der Waals surface area contributed by atoms with Crippen LogP contribution in [0.3, 0.4) is 0 Å². The van der Waals surface area contributed by atoms with Crippen LogP contribution in [-0.4, -0.2) is 35.7 Å². The van der Waals surface area contributed by atoms with E-state index in [0.29, 0.717) is 12.5 Å². The number of nitrogens with one attached hydrogen (secondary N) is 1. The van der Waals surface area contributed by atoms with Crippen molar-refractivity contribution in [1.29, 1.82) is 0 Å². The first kappa shape index (κ1) is 19.0. The lowest BCUT2D eigenvalue weighted by molar-refractivity contribution is -0.121. The fourth-order valence-corrected chi connectivity index (χ4v) is 4.12. The number of thioether (sulfide) groups is 1. The minimum absolute atomic E-state index is 0.186. The molecule has 4 heteroatoms. The zero-order chi connectivity index (χ0) is 18.2. The highest BCUT2D eigenvalue weighted by Gasteiger charge is 2.20. The van der Waals surface area contributed by atoms with Crippen molar-refractivity contribution in [3.8, 4) is 0 Å². The number of rotatable bonds is 7. The zero-order valence-corrected chi connectivity index (χ0v) is 16.3. The van der Waals surface area contributed by atoms with Crippen molar-refractivity contribution in [3.05, 3.63) is 65.7 Å². The Hall–Kier alpha value is -1.78. The fourth-order valence-electron chi connectivity index (χ4n) is 3.27. The van der Waals surface area contributed by atoms with E-state index in [1.807, 2.05) is 0 Å². The van der Waals surface area contributed by atoms with Crippen molar-refractivity contribution in [2.24, 2.45) is 0 Å². The lowest BCUT2D eigenvalue weighted by atomic mass is 10.0. The normalized spacial score (nSPS) is 15.7. The molecule has 0 radical (unpaired) electrons. The van der Waals surface area contributed by atoms with E-state index in [1.54, 1.807) is 11.8 Å². The van der Waals surface area contributed by atoms with E-state index in [-0.39, 0.29) is 5.91 Å². The maximum atomic E-state index is 12.2. The molecule has 1 aliphatic heterocycles. The SMILES string of the molecule is Cc1ccc(SCCC(=O)NC2CCN(Cc3ccccc3)CC2)cc1. The van der Waals surface area contributed by atoms with Crippen LogP contribution in [0, 0.1) is 6.92 Å². The van der Waals surface area contributed by atoms with E-state index in [1.165, 1.54) is 16.0 Å². The molecule has 0 unspecified atom stereocenters. The summed E-state index contributed by atoms with van der Waals surface area (Å²) in [6, 6.07) is 19.4. The number of likely N-dealkylation sites (tertiary alicyclic amines) is 1. The Bertz CT molecular complexity index is 679. The molecule has 0 bridgehead atoms. The number of aryl methyl sites for hydroxylation is 1. The molecule has 1 saturated heterocycles. The van der Waals surface area contributed by atoms with Crippen LogP contribution in [0.25, 0.3) is 0 Å². The second-order valence-electron chi connectivity index (χ2n) is 7.02. The van der Waals surface area contributed by atoms with Gasteiger partial charge in [0.15, 0.2) is 0 Å². The van der Waals surface area contributed by atoms with Crippen LogP contribution < -0.4 is 5.32 Å². The minimum Gasteiger partial charge on any atom is -0.353 e. The van der Waals surface area contributed by atoms with Gasteiger partial charge in [0.2, 0.25) is 5.91 Å². The van der Waals surface area contributed by atoms with Crippen molar-refractivity contribution >= 4 is 17.7 Å². The van der Waals surface area contributed by atoms with Crippen LogP contribution in [-0.2, 0) is 11.3 Å². The largest absolute Gasteiger partial charge is 0.353 e. The smallest absolute Gasteiger partial charge is 0.221 e. The number of piperidine rings is 1.